The van der Waals surface area contributed by atoms with Crippen molar-refractivity contribution in [3.05, 3.63) is 54.0 Å². The normalized spacial score (nSPS) is 10.8. The number of hydrogen-bond donors (Lipinski definition) is 1. The lowest BCUT2D eigenvalue weighted by molar-refractivity contribution is -0.116. The first-order chi connectivity index (χ1) is 10.1. The molecule has 2 aromatic heterocycles. The average molecular weight is 280 g/mol. The van der Waals surface area contributed by atoms with Gasteiger partial charge in [-0.3, -0.25) is 14.5 Å². The lowest BCUT2D eigenvalue weighted by atomic mass is 10.2. The molecule has 0 unspecified atom stereocenters. The van der Waals surface area contributed by atoms with Crippen LogP contribution in [0.5, 0.6) is 0 Å². The van der Waals surface area contributed by atoms with E-state index in [-0.39, 0.29) is 12.5 Å². The van der Waals surface area contributed by atoms with Crippen molar-refractivity contribution in [1.82, 2.24) is 14.8 Å². The zero-order valence-electron chi connectivity index (χ0n) is 12.0. The van der Waals surface area contributed by atoms with Crippen LogP contribution >= 0.6 is 0 Å². The summed E-state index contributed by atoms with van der Waals surface area (Å²) >= 11 is 0. The van der Waals surface area contributed by atoms with Crippen molar-refractivity contribution < 1.29 is 4.79 Å². The molecule has 5 heteroatoms. The van der Waals surface area contributed by atoms with Gasteiger partial charge in [0.2, 0.25) is 5.91 Å². The molecule has 2 heterocycles. The molecule has 0 saturated heterocycles. The average Bonchev–Trinajstić information content (AvgIpc) is 2.76. The van der Waals surface area contributed by atoms with Gasteiger partial charge in [0.25, 0.3) is 0 Å². The van der Waals surface area contributed by atoms with Gasteiger partial charge in [-0.25, -0.2) is 0 Å². The minimum absolute atomic E-state index is 0.0931. The third kappa shape index (κ3) is 2.91. The fourth-order valence-electron chi connectivity index (χ4n) is 2.32. The number of rotatable bonds is 3. The standard InChI is InChI=1S/C16H16N4O/c1-11-8-12(2)20(19-11)10-16(21)18-14-5-6-15-13(9-14)4-3-7-17-15/h3-9H,10H2,1-2H3,(H,18,21). The fraction of sp³-hybridized carbons (Fsp3) is 0.188. The van der Waals surface area contributed by atoms with Crippen molar-refractivity contribution in [3.8, 4) is 0 Å². The van der Waals surface area contributed by atoms with E-state index in [4.69, 9.17) is 0 Å². The predicted octanol–water partition coefficient (Wildman–Crippen LogP) is 2.69. The summed E-state index contributed by atoms with van der Waals surface area (Å²) in [5.41, 5.74) is 3.57. The van der Waals surface area contributed by atoms with Crippen LogP contribution in [0.3, 0.4) is 0 Å². The highest BCUT2D eigenvalue weighted by Gasteiger charge is 2.08. The summed E-state index contributed by atoms with van der Waals surface area (Å²) in [7, 11) is 0. The monoisotopic (exact) mass is 280 g/mol. The summed E-state index contributed by atoms with van der Waals surface area (Å²) < 4.78 is 1.70. The van der Waals surface area contributed by atoms with Gasteiger partial charge in [-0.15, -0.1) is 0 Å². The van der Waals surface area contributed by atoms with Gasteiger partial charge in [-0.05, 0) is 44.2 Å². The van der Waals surface area contributed by atoms with Crippen LogP contribution in [0, 0.1) is 13.8 Å². The third-order valence-corrected chi connectivity index (χ3v) is 3.28. The first kappa shape index (κ1) is 13.3. The molecule has 1 aromatic carbocycles. The second-order valence-corrected chi connectivity index (χ2v) is 5.04. The number of nitrogens with zero attached hydrogens (tertiary/aromatic N) is 3. The van der Waals surface area contributed by atoms with E-state index in [2.05, 4.69) is 15.4 Å². The summed E-state index contributed by atoms with van der Waals surface area (Å²) in [6.45, 7) is 4.07. The van der Waals surface area contributed by atoms with Gasteiger partial charge in [0.15, 0.2) is 0 Å². The molecule has 1 N–H and O–H groups in total. The smallest absolute Gasteiger partial charge is 0.246 e. The van der Waals surface area contributed by atoms with E-state index < -0.39 is 0 Å². The molecule has 0 aliphatic heterocycles. The summed E-state index contributed by atoms with van der Waals surface area (Å²) in [6, 6.07) is 11.5. The number of hydrogen-bond acceptors (Lipinski definition) is 3. The Morgan fingerprint density at radius 3 is 2.86 bits per heavy atom. The van der Waals surface area contributed by atoms with E-state index in [1.807, 2.05) is 50.2 Å². The van der Waals surface area contributed by atoms with Crippen LogP contribution in [-0.2, 0) is 11.3 Å². The molecule has 106 valence electrons. The number of aromatic nitrogens is 3. The van der Waals surface area contributed by atoms with Crippen molar-refractivity contribution in [3.63, 3.8) is 0 Å². The molecule has 0 aliphatic carbocycles. The summed E-state index contributed by atoms with van der Waals surface area (Å²) in [6.07, 6.45) is 1.75. The Hall–Kier alpha value is -2.69. The van der Waals surface area contributed by atoms with Gasteiger partial charge in [-0.2, -0.15) is 5.10 Å². The second kappa shape index (κ2) is 5.36. The van der Waals surface area contributed by atoms with Crippen LogP contribution in [-0.4, -0.2) is 20.7 Å². The maximum atomic E-state index is 12.1. The Balaban J connectivity index is 1.75. The SMILES string of the molecule is Cc1cc(C)n(CC(=O)Nc2ccc3ncccc3c2)n1. The summed E-state index contributed by atoms with van der Waals surface area (Å²) in [4.78, 5) is 16.3. The van der Waals surface area contributed by atoms with Crippen LogP contribution in [0.4, 0.5) is 5.69 Å². The molecule has 0 radical (unpaired) electrons. The molecular formula is C16H16N4O. The number of amides is 1. The molecule has 0 aliphatic rings. The molecular weight excluding hydrogens is 264 g/mol. The predicted molar refractivity (Wildman–Crippen MR) is 82.1 cm³/mol. The van der Waals surface area contributed by atoms with Crippen molar-refractivity contribution in [2.75, 3.05) is 5.32 Å². The van der Waals surface area contributed by atoms with Crippen molar-refractivity contribution >= 4 is 22.5 Å². The maximum Gasteiger partial charge on any atom is 0.246 e. The number of pyridine rings is 1. The second-order valence-electron chi connectivity index (χ2n) is 5.04. The Bertz CT molecular complexity index is 807. The van der Waals surface area contributed by atoms with E-state index in [1.54, 1.807) is 10.9 Å². The molecule has 0 saturated carbocycles. The largest absolute Gasteiger partial charge is 0.324 e. The molecule has 21 heavy (non-hydrogen) atoms. The molecule has 1 amide bonds. The highest BCUT2D eigenvalue weighted by atomic mass is 16.2. The third-order valence-electron chi connectivity index (χ3n) is 3.28. The zero-order valence-corrected chi connectivity index (χ0v) is 12.0. The Morgan fingerprint density at radius 2 is 2.10 bits per heavy atom. The molecule has 0 bridgehead atoms. The molecule has 5 nitrogen and oxygen atoms in total. The van der Waals surface area contributed by atoms with Crippen LogP contribution in [0.25, 0.3) is 10.9 Å². The van der Waals surface area contributed by atoms with Crippen molar-refractivity contribution in [2.45, 2.75) is 20.4 Å². The lowest BCUT2D eigenvalue weighted by Gasteiger charge is -2.07. The quantitative estimate of drug-likeness (QED) is 0.802. The van der Waals surface area contributed by atoms with Gasteiger partial charge in [0.1, 0.15) is 6.54 Å². The van der Waals surface area contributed by atoms with Gasteiger partial charge < -0.3 is 5.32 Å². The van der Waals surface area contributed by atoms with Gasteiger partial charge >= 0.3 is 0 Å². The summed E-state index contributed by atoms with van der Waals surface area (Å²) in [5.74, 6) is -0.0931. The molecule has 3 aromatic rings. The number of carbonyl (C=O) groups excluding carboxylic acids is 1. The van der Waals surface area contributed by atoms with Crippen molar-refractivity contribution in [1.29, 1.82) is 0 Å². The molecule has 0 fully saturated rings. The van der Waals surface area contributed by atoms with E-state index >= 15 is 0 Å². The number of benzene rings is 1. The highest BCUT2D eigenvalue weighted by Crippen LogP contribution is 2.17. The number of carbonyl (C=O) groups is 1. The van der Waals surface area contributed by atoms with E-state index in [1.165, 1.54) is 0 Å². The zero-order chi connectivity index (χ0) is 14.8. The Morgan fingerprint density at radius 1 is 1.24 bits per heavy atom. The highest BCUT2D eigenvalue weighted by molar-refractivity contribution is 5.93. The van der Waals surface area contributed by atoms with E-state index in [0.717, 1.165) is 28.0 Å². The Labute approximate surface area is 122 Å². The molecule has 0 spiro atoms. The van der Waals surface area contributed by atoms with Gasteiger partial charge in [0.05, 0.1) is 11.2 Å². The number of aryl methyl sites for hydroxylation is 2. The van der Waals surface area contributed by atoms with Gasteiger partial charge in [0, 0.05) is 23.0 Å². The number of anilines is 1. The first-order valence-corrected chi connectivity index (χ1v) is 6.77. The maximum absolute atomic E-state index is 12.1. The lowest BCUT2D eigenvalue weighted by Crippen LogP contribution is -2.20. The van der Waals surface area contributed by atoms with Crippen molar-refractivity contribution in [2.24, 2.45) is 0 Å². The molecule has 3 rings (SSSR count). The first-order valence-electron chi connectivity index (χ1n) is 6.77. The van der Waals surface area contributed by atoms with Crippen LogP contribution < -0.4 is 5.32 Å². The van der Waals surface area contributed by atoms with E-state index in [9.17, 15) is 4.79 Å². The fourth-order valence-corrected chi connectivity index (χ4v) is 2.32. The summed E-state index contributed by atoms with van der Waals surface area (Å²) in [5, 5.41) is 8.18. The Kier molecular flexibility index (Phi) is 3.39. The minimum Gasteiger partial charge on any atom is -0.324 e. The van der Waals surface area contributed by atoms with E-state index in [0.29, 0.717) is 0 Å². The minimum atomic E-state index is -0.0931. The van der Waals surface area contributed by atoms with Gasteiger partial charge in [-0.1, -0.05) is 6.07 Å². The molecule has 0 atom stereocenters. The van der Waals surface area contributed by atoms with Crippen LogP contribution in [0.15, 0.2) is 42.6 Å². The van der Waals surface area contributed by atoms with Crippen LogP contribution in [0.2, 0.25) is 0 Å². The number of fused-ring (bicyclic) bond motifs is 1. The number of nitrogens with one attached hydrogen (secondary N) is 1. The van der Waals surface area contributed by atoms with Crippen LogP contribution in [0.1, 0.15) is 11.4 Å². The topological polar surface area (TPSA) is 59.8 Å².